The van der Waals surface area contributed by atoms with Crippen LogP contribution in [0.25, 0.3) is 0 Å². The van der Waals surface area contributed by atoms with Gasteiger partial charge >= 0.3 is 0 Å². The van der Waals surface area contributed by atoms with Crippen LogP contribution in [0.5, 0.6) is 5.75 Å². The van der Waals surface area contributed by atoms with Crippen LogP contribution < -0.4 is 5.32 Å². The van der Waals surface area contributed by atoms with Crippen molar-refractivity contribution in [3.63, 3.8) is 0 Å². The third-order valence-electron chi connectivity index (χ3n) is 2.83. The Kier molecular flexibility index (Phi) is 5.36. The molecule has 0 radical (unpaired) electrons. The summed E-state index contributed by atoms with van der Waals surface area (Å²) in [6.07, 6.45) is 0. The lowest BCUT2D eigenvalue weighted by Gasteiger charge is -2.20. The molecule has 1 aromatic carbocycles. The highest BCUT2D eigenvalue weighted by Crippen LogP contribution is 2.18. The lowest BCUT2D eigenvalue weighted by atomic mass is 10.1. The second-order valence-electron chi connectivity index (χ2n) is 4.27. The van der Waals surface area contributed by atoms with Crippen LogP contribution >= 0.6 is 0 Å². The van der Waals surface area contributed by atoms with Crippen molar-refractivity contribution in [2.24, 2.45) is 0 Å². The zero-order chi connectivity index (χ0) is 14.4. The van der Waals surface area contributed by atoms with Gasteiger partial charge in [0, 0.05) is 18.7 Å². The first-order valence-electron chi connectivity index (χ1n) is 6.35. The summed E-state index contributed by atoms with van der Waals surface area (Å²) in [6.45, 7) is 6.40. The van der Waals surface area contributed by atoms with Crippen molar-refractivity contribution in [1.82, 2.24) is 10.2 Å². The van der Waals surface area contributed by atoms with Gasteiger partial charge in [-0.25, -0.2) is 0 Å². The number of likely N-dealkylation sites (N-methyl/N-ethyl adjacent to an activating group) is 2. The highest BCUT2D eigenvalue weighted by molar-refractivity contribution is 5.96. The van der Waals surface area contributed by atoms with E-state index in [9.17, 15) is 14.7 Å². The molecule has 1 aromatic rings. The van der Waals surface area contributed by atoms with Gasteiger partial charge in [-0.05, 0) is 38.5 Å². The standard InChI is InChI=1S/C14H20N2O3/c1-4-15-13(18)9-16(5-2)14(19)11-7-6-10(3)12(17)8-11/h6-8,17H,4-5,9H2,1-3H3,(H,15,18). The molecule has 0 atom stereocenters. The van der Waals surface area contributed by atoms with Gasteiger partial charge in [-0.3, -0.25) is 9.59 Å². The normalized spacial score (nSPS) is 10.1. The summed E-state index contributed by atoms with van der Waals surface area (Å²) in [5.74, 6) is -0.363. The molecule has 0 spiro atoms. The molecular weight excluding hydrogens is 244 g/mol. The van der Waals surface area contributed by atoms with Crippen LogP contribution in [0.2, 0.25) is 0 Å². The number of aryl methyl sites for hydroxylation is 1. The summed E-state index contributed by atoms with van der Waals surface area (Å²) < 4.78 is 0. The molecule has 0 aliphatic heterocycles. The van der Waals surface area contributed by atoms with Crippen LogP contribution in [0.15, 0.2) is 18.2 Å². The molecule has 2 N–H and O–H groups in total. The first-order chi connectivity index (χ1) is 8.99. The van der Waals surface area contributed by atoms with Crippen molar-refractivity contribution in [2.45, 2.75) is 20.8 Å². The lowest BCUT2D eigenvalue weighted by molar-refractivity contribution is -0.121. The van der Waals surface area contributed by atoms with E-state index in [1.165, 1.54) is 11.0 Å². The van der Waals surface area contributed by atoms with E-state index in [1.807, 2.05) is 13.8 Å². The summed E-state index contributed by atoms with van der Waals surface area (Å²) in [4.78, 5) is 25.2. The molecule has 104 valence electrons. The molecule has 0 aliphatic carbocycles. The Labute approximate surface area is 113 Å². The second-order valence-corrected chi connectivity index (χ2v) is 4.27. The number of carbonyl (C=O) groups is 2. The van der Waals surface area contributed by atoms with Gasteiger partial charge in [-0.2, -0.15) is 0 Å². The Morgan fingerprint density at radius 2 is 2.00 bits per heavy atom. The molecule has 19 heavy (non-hydrogen) atoms. The Bertz CT molecular complexity index is 472. The van der Waals surface area contributed by atoms with Gasteiger partial charge < -0.3 is 15.3 Å². The minimum Gasteiger partial charge on any atom is -0.508 e. The largest absolute Gasteiger partial charge is 0.508 e. The molecule has 0 saturated heterocycles. The minimum absolute atomic E-state index is 0.0256. The molecule has 5 heteroatoms. The van der Waals surface area contributed by atoms with Crippen molar-refractivity contribution < 1.29 is 14.7 Å². The number of benzene rings is 1. The third kappa shape index (κ3) is 3.98. The number of nitrogens with zero attached hydrogens (tertiary/aromatic N) is 1. The van der Waals surface area contributed by atoms with Gasteiger partial charge in [-0.1, -0.05) is 6.07 Å². The van der Waals surface area contributed by atoms with Crippen LogP contribution in [0.3, 0.4) is 0 Å². The van der Waals surface area contributed by atoms with E-state index in [-0.39, 0.29) is 24.1 Å². The molecule has 0 unspecified atom stereocenters. The number of nitrogens with one attached hydrogen (secondary N) is 1. The van der Waals surface area contributed by atoms with E-state index in [4.69, 9.17) is 0 Å². The molecule has 0 aliphatic rings. The highest BCUT2D eigenvalue weighted by atomic mass is 16.3. The molecule has 5 nitrogen and oxygen atoms in total. The summed E-state index contributed by atoms with van der Waals surface area (Å²) in [5.41, 5.74) is 1.09. The molecular formula is C14H20N2O3. The van der Waals surface area contributed by atoms with Crippen molar-refractivity contribution in [1.29, 1.82) is 0 Å². The zero-order valence-corrected chi connectivity index (χ0v) is 11.6. The van der Waals surface area contributed by atoms with Crippen LogP contribution in [-0.2, 0) is 4.79 Å². The summed E-state index contributed by atoms with van der Waals surface area (Å²) in [5, 5.41) is 12.3. The van der Waals surface area contributed by atoms with E-state index >= 15 is 0 Å². The van der Waals surface area contributed by atoms with E-state index < -0.39 is 0 Å². The molecule has 1 rings (SSSR count). The van der Waals surface area contributed by atoms with Gasteiger partial charge in [0.2, 0.25) is 5.91 Å². The fourth-order valence-electron chi connectivity index (χ4n) is 1.68. The van der Waals surface area contributed by atoms with E-state index in [2.05, 4.69) is 5.32 Å². The second kappa shape index (κ2) is 6.78. The predicted molar refractivity (Wildman–Crippen MR) is 73.1 cm³/mol. The quantitative estimate of drug-likeness (QED) is 0.842. The van der Waals surface area contributed by atoms with Crippen molar-refractivity contribution in [2.75, 3.05) is 19.6 Å². The van der Waals surface area contributed by atoms with Crippen LogP contribution in [0.1, 0.15) is 29.8 Å². The molecule has 0 aromatic heterocycles. The Hall–Kier alpha value is -2.04. The van der Waals surface area contributed by atoms with Gasteiger partial charge in [0.1, 0.15) is 5.75 Å². The number of hydrogen-bond acceptors (Lipinski definition) is 3. The average molecular weight is 264 g/mol. The highest BCUT2D eigenvalue weighted by Gasteiger charge is 2.17. The monoisotopic (exact) mass is 264 g/mol. The maximum absolute atomic E-state index is 12.2. The smallest absolute Gasteiger partial charge is 0.254 e. The molecule has 0 heterocycles. The first kappa shape index (κ1) is 15.0. The Morgan fingerprint density at radius 1 is 1.32 bits per heavy atom. The number of phenolic OH excluding ortho intramolecular Hbond substituents is 1. The maximum Gasteiger partial charge on any atom is 0.254 e. The van der Waals surface area contributed by atoms with E-state index in [0.717, 1.165) is 0 Å². The van der Waals surface area contributed by atoms with Crippen LogP contribution in [0, 0.1) is 6.92 Å². The van der Waals surface area contributed by atoms with Gasteiger partial charge in [-0.15, -0.1) is 0 Å². The van der Waals surface area contributed by atoms with Crippen LogP contribution in [-0.4, -0.2) is 41.5 Å². The van der Waals surface area contributed by atoms with E-state index in [0.29, 0.717) is 24.2 Å². The van der Waals surface area contributed by atoms with E-state index in [1.54, 1.807) is 19.1 Å². The summed E-state index contributed by atoms with van der Waals surface area (Å²) in [7, 11) is 0. The SMILES string of the molecule is CCNC(=O)CN(CC)C(=O)c1ccc(C)c(O)c1. The van der Waals surface area contributed by atoms with Gasteiger partial charge in [0.05, 0.1) is 6.54 Å². The molecule has 0 bridgehead atoms. The zero-order valence-electron chi connectivity index (χ0n) is 11.6. The number of phenols is 1. The van der Waals surface area contributed by atoms with Gasteiger partial charge in [0.15, 0.2) is 0 Å². The number of amides is 2. The topological polar surface area (TPSA) is 69.6 Å². The molecule has 0 fully saturated rings. The maximum atomic E-state index is 12.2. The third-order valence-corrected chi connectivity index (χ3v) is 2.83. The molecule has 2 amide bonds. The number of rotatable bonds is 5. The Morgan fingerprint density at radius 3 is 2.53 bits per heavy atom. The number of carbonyl (C=O) groups excluding carboxylic acids is 2. The Balaban J connectivity index is 2.83. The first-order valence-corrected chi connectivity index (χ1v) is 6.35. The van der Waals surface area contributed by atoms with Crippen molar-refractivity contribution in [3.8, 4) is 5.75 Å². The average Bonchev–Trinajstić information content (AvgIpc) is 2.38. The minimum atomic E-state index is -0.260. The van der Waals surface area contributed by atoms with Crippen molar-refractivity contribution in [3.05, 3.63) is 29.3 Å². The predicted octanol–water partition coefficient (Wildman–Crippen LogP) is 1.30. The summed E-state index contributed by atoms with van der Waals surface area (Å²) >= 11 is 0. The van der Waals surface area contributed by atoms with Gasteiger partial charge in [0.25, 0.3) is 5.91 Å². The van der Waals surface area contributed by atoms with Crippen LogP contribution in [0.4, 0.5) is 0 Å². The number of aromatic hydroxyl groups is 1. The van der Waals surface area contributed by atoms with Crippen molar-refractivity contribution >= 4 is 11.8 Å². The lowest BCUT2D eigenvalue weighted by Crippen LogP contribution is -2.40. The fraction of sp³-hybridized carbons (Fsp3) is 0.429. The molecule has 0 saturated carbocycles. The summed E-state index contributed by atoms with van der Waals surface area (Å²) in [6, 6.07) is 4.76. The fourth-order valence-corrected chi connectivity index (χ4v) is 1.68. The number of hydrogen-bond donors (Lipinski definition) is 2.